The molecule has 3 nitrogen and oxygen atoms in total. The van der Waals surface area contributed by atoms with Gasteiger partial charge in [-0.25, -0.2) is 0 Å². The van der Waals surface area contributed by atoms with Crippen LogP contribution in [-0.4, -0.2) is 19.5 Å². The zero-order chi connectivity index (χ0) is 11.4. The highest BCUT2D eigenvalue weighted by atomic mass is 35.5. The largest absolute Gasteiger partial charge is 0.345 e. The van der Waals surface area contributed by atoms with Gasteiger partial charge in [0.15, 0.2) is 0 Å². The molecule has 1 saturated carbocycles. The molecule has 0 heterocycles. The van der Waals surface area contributed by atoms with Crippen LogP contribution in [0.4, 0.5) is 0 Å². The lowest BCUT2D eigenvalue weighted by Gasteiger charge is -2.43. The summed E-state index contributed by atoms with van der Waals surface area (Å²) in [5.74, 6) is 0.0750. The topological polar surface area (TPSA) is 41.1 Å². The van der Waals surface area contributed by atoms with Gasteiger partial charge in [-0.05, 0) is 31.9 Å². The van der Waals surface area contributed by atoms with Crippen molar-refractivity contribution in [3.05, 3.63) is 35.9 Å². The van der Waals surface area contributed by atoms with E-state index in [-0.39, 0.29) is 23.9 Å². The summed E-state index contributed by atoms with van der Waals surface area (Å²) in [4.78, 5) is 11.7. The fraction of sp³-hybridized carbons (Fsp3) is 0.462. The van der Waals surface area contributed by atoms with E-state index in [1.54, 1.807) is 7.05 Å². The normalized spacial score (nSPS) is 16.5. The molecule has 0 spiro atoms. The molecule has 1 aliphatic carbocycles. The van der Waals surface area contributed by atoms with E-state index in [1.807, 2.05) is 18.2 Å². The molecule has 0 aromatic heterocycles. The average Bonchev–Trinajstić information content (AvgIpc) is 2.25. The molecule has 0 unspecified atom stereocenters. The number of carbonyl (C=O) groups excluding carboxylic acids is 1. The Morgan fingerprint density at radius 2 is 1.94 bits per heavy atom. The molecule has 17 heavy (non-hydrogen) atoms. The minimum absolute atomic E-state index is 0. The van der Waals surface area contributed by atoms with Crippen molar-refractivity contribution in [1.82, 2.24) is 10.6 Å². The van der Waals surface area contributed by atoms with Gasteiger partial charge >= 0.3 is 0 Å². The Balaban J connectivity index is 0.00000144. The standard InChI is InChI=1S/C13H18N2O.ClH/c1-14-10-12(16)15-13(8-5-9-13)11-6-3-2-4-7-11;/h2-4,6-7,14H,5,8-10H2,1H3,(H,15,16);1H. The SMILES string of the molecule is CNCC(=O)NC1(c2ccccc2)CCC1.Cl. The number of rotatable bonds is 4. The number of nitrogens with one attached hydrogen (secondary N) is 2. The van der Waals surface area contributed by atoms with Crippen molar-refractivity contribution < 1.29 is 4.79 Å². The summed E-state index contributed by atoms with van der Waals surface area (Å²) in [5.41, 5.74) is 1.13. The zero-order valence-corrected chi connectivity index (χ0v) is 10.8. The van der Waals surface area contributed by atoms with Crippen molar-refractivity contribution in [1.29, 1.82) is 0 Å². The Bertz CT molecular complexity index is 363. The molecular formula is C13H19ClN2O. The molecule has 4 heteroatoms. The van der Waals surface area contributed by atoms with Crippen molar-refractivity contribution in [2.75, 3.05) is 13.6 Å². The lowest BCUT2D eigenvalue weighted by atomic mass is 9.72. The van der Waals surface area contributed by atoms with E-state index in [0.717, 1.165) is 12.8 Å². The molecule has 1 aromatic carbocycles. The average molecular weight is 255 g/mol. The first kappa shape index (κ1) is 14.0. The van der Waals surface area contributed by atoms with Gasteiger partial charge in [-0.3, -0.25) is 4.79 Å². The van der Waals surface area contributed by atoms with E-state index in [0.29, 0.717) is 6.54 Å². The van der Waals surface area contributed by atoms with E-state index >= 15 is 0 Å². The highest BCUT2D eigenvalue weighted by molar-refractivity contribution is 5.85. The van der Waals surface area contributed by atoms with Gasteiger partial charge in [0, 0.05) is 0 Å². The predicted molar refractivity (Wildman–Crippen MR) is 71.3 cm³/mol. The number of carbonyl (C=O) groups is 1. The minimum Gasteiger partial charge on any atom is -0.345 e. The Kier molecular flexibility index (Phi) is 4.97. The first-order valence-electron chi connectivity index (χ1n) is 5.78. The molecular weight excluding hydrogens is 236 g/mol. The Morgan fingerprint density at radius 3 is 2.41 bits per heavy atom. The van der Waals surface area contributed by atoms with E-state index in [1.165, 1.54) is 12.0 Å². The minimum atomic E-state index is -0.102. The van der Waals surface area contributed by atoms with Crippen LogP contribution in [0.5, 0.6) is 0 Å². The van der Waals surface area contributed by atoms with Crippen LogP contribution in [0.1, 0.15) is 24.8 Å². The summed E-state index contributed by atoms with van der Waals surface area (Å²) < 4.78 is 0. The van der Waals surface area contributed by atoms with Crippen LogP contribution >= 0.6 is 12.4 Å². The second-order valence-electron chi connectivity index (χ2n) is 4.38. The second kappa shape index (κ2) is 6.03. The molecule has 0 saturated heterocycles. The monoisotopic (exact) mass is 254 g/mol. The van der Waals surface area contributed by atoms with Gasteiger partial charge in [-0.1, -0.05) is 30.3 Å². The van der Waals surface area contributed by atoms with Gasteiger partial charge in [0.25, 0.3) is 0 Å². The zero-order valence-electron chi connectivity index (χ0n) is 10.0. The van der Waals surface area contributed by atoms with Crippen molar-refractivity contribution in [3.8, 4) is 0 Å². The third-order valence-corrected chi connectivity index (χ3v) is 3.25. The van der Waals surface area contributed by atoms with Crippen LogP contribution in [0.3, 0.4) is 0 Å². The van der Waals surface area contributed by atoms with Crippen molar-refractivity contribution in [2.45, 2.75) is 24.8 Å². The van der Waals surface area contributed by atoms with Crippen LogP contribution < -0.4 is 10.6 Å². The van der Waals surface area contributed by atoms with Crippen molar-refractivity contribution in [2.24, 2.45) is 0 Å². The van der Waals surface area contributed by atoms with Crippen molar-refractivity contribution in [3.63, 3.8) is 0 Å². The summed E-state index contributed by atoms with van der Waals surface area (Å²) in [6, 6.07) is 10.3. The third-order valence-electron chi connectivity index (χ3n) is 3.25. The maximum atomic E-state index is 11.7. The highest BCUT2D eigenvalue weighted by Crippen LogP contribution is 2.40. The Labute approximate surface area is 108 Å². The highest BCUT2D eigenvalue weighted by Gasteiger charge is 2.39. The lowest BCUT2D eigenvalue weighted by Crippen LogP contribution is -2.52. The molecule has 0 atom stereocenters. The summed E-state index contributed by atoms with van der Waals surface area (Å²) >= 11 is 0. The molecule has 2 rings (SSSR count). The summed E-state index contributed by atoms with van der Waals surface area (Å²) in [6.45, 7) is 0.384. The van der Waals surface area contributed by atoms with E-state index in [2.05, 4.69) is 22.8 Å². The summed E-state index contributed by atoms with van der Waals surface area (Å²) in [5, 5.41) is 6.02. The van der Waals surface area contributed by atoms with Crippen LogP contribution in [0.15, 0.2) is 30.3 Å². The Morgan fingerprint density at radius 1 is 1.29 bits per heavy atom. The molecule has 1 amide bonds. The van der Waals surface area contributed by atoms with Crippen LogP contribution in [0.25, 0.3) is 0 Å². The van der Waals surface area contributed by atoms with E-state index in [9.17, 15) is 4.79 Å². The maximum Gasteiger partial charge on any atom is 0.234 e. The van der Waals surface area contributed by atoms with Gasteiger partial charge in [-0.15, -0.1) is 12.4 Å². The molecule has 94 valence electrons. The number of amides is 1. The molecule has 1 aromatic rings. The summed E-state index contributed by atoms with van der Waals surface area (Å²) in [7, 11) is 1.79. The van der Waals surface area contributed by atoms with Crippen LogP contribution in [0.2, 0.25) is 0 Å². The first-order valence-corrected chi connectivity index (χ1v) is 5.78. The summed E-state index contributed by atoms with van der Waals surface area (Å²) in [6.07, 6.45) is 3.29. The predicted octanol–water partition coefficient (Wildman–Crippen LogP) is 1.82. The smallest absolute Gasteiger partial charge is 0.234 e. The van der Waals surface area contributed by atoms with Gasteiger partial charge in [0.2, 0.25) is 5.91 Å². The van der Waals surface area contributed by atoms with Gasteiger partial charge in [0.05, 0.1) is 12.1 Å². The number of halogens is 1. The van der Waals surface area contributed by atoms with Gasteiger partial charge < -0.3 is 10.6 Å². The quantitative estimate of drug-likeness (QED) is 0.861. The second-order valence-corrected chi connectivity index (χ2v) is 4.38. The van der Waals surface area contributed by atoms with E-state index < -0.39 is 0 Å². The van der Waals surface area contributed by atoms with Crippen LogP contribution in [-0.2, 0) is 10.3 Å². The number of likely N-dealkylation sites (N-methyl/N-ethyl adjacent to an activating group) is 1. The molecule has 2 N–H and O–H groups in total. The van der Waals surface area contributed by atoms with Gasteiger partial charge in [0.1, 0.15) is 0 Å². The fourth-order valence-corrected chi connectivity index (χ4v) is 2.24. The maximum absolute atomic E-state index is 11.7. The first-order chi connectivity index (χ1) is 7.77. The van der Waals surface area contributed by atoms with E-state index in [4.69, 9.17) is 0 Å². The molecule has 1 aliphatic rings. The fourth-order valence-electron chi connectivity index (χ4n) is 2.24. The van der Waals surface area contributed by atoms with Crippen LogP contribution in [0, 0.1) is 0 Å². The third kappa shape index (κ3) is 2.99. The molecule has 0 radical (unpaired) electrons. The molecule has 1 fully saturated rings. The molecule has 0 aliphatic heterocycles. The number of hydrogen-bond acceptors (Lipinski definition) is 2. The van der Waals surface area contributed by atoms with Crippen molar-refractivity contribution >= 4 is 18.3 Å². The van der Waals surface area contributed by atoms with Gasteiger partial charge in [-0.2, -0.15) is 0 Å². The number of hydrogen-bond donors (Lipinski definition) is 2. The lowest BCUT2D eigenvalue weighted by molar-refractivity contribution is -0.123. The molecule has 0 bridgehead atoms. The Hall–Kier alpha value is -1.06. The number of benzene rings is 1.